The molecular weight excluding hydrogens is 1030 g/mol. The lowest BCUT2D eigenvalue weighted by atomic mass is 9.79. The second-order valence-electron chi connectivity index (χ2n) is 20.2. The highest BCUT2D eigenvalue weighted by molar-refractivity contribution is 7.09. The van der Waals surface area contributed by atoms with E-state index in [1.807, 2.05) is 11.8 Å². The van der Waals surface area contributed by atoms with Crippen LogP contribution in [-0.4, -0.2) is 166 Å². The van der Waals surface area contributed by atoms with Crippen molar-refractivity contribution in [3.05, 3.63) is 45.4 Å². The normalized spacial score (nSPS) is 15.2. The van der Waals surface area contributed by atoms with Gasteiger partial charge in [0.15, 0.2) is 0 Å². The number of amides is 8. The number of hydrazine groups is 1. The van der Waals surface area contributed by atoms with E-state index in [0.717, 1.165) is 24.8 Å². The van der Waals surface area contributed by atoms with Crippen LogP contribution in [0.5, 0.6) is 5.75 Å². The molecule has 0 aliphatic heterocycles. The molecule has 1 unspecified atom stereocenters. The second-order valence-corrected chi connectivity index (χ2v) is 21.1. The first-order chi connectivity index (χ1) is 37.1. The van der Waals surface area contributed by atoms with Gasteiger partial charge in [0, 0.05) is 50.0 Å². The van der Waals surface area contributed by atoms with Crippen LogP contribution in [-0.2, 0) is 58.8 Å². The topological polar surface area (TPSA) is 313 Å². The number of thiazole rings is 1. The van der Waals surface area contributed by atoms with Gasteiger partial charge >= 0.3 is 12.2 Å². The minimum atomic E-state index is -0.928. The molecule has 0 radical (unpaired) electrons. The summed E-state index contributed by atoms with van der Waals surface area (Å²) < 4.78 is 32.8. The molecule has 438 valence electrons. The van der Waals surface area contributed by atoms with Crippen LogP contribution < -0.4 is 37.4 Å². The lowest BCUT2D eigenvalue weighted by Gasteiger charge is -2.37. The summed E-state index contributed by atoms with van der Waals surface area (Å²) in [5.41, 5.74) is 5.43. The van der Waals surface area contributed by atoms with Crippen molar-refractivity contribution in [1.82, 2.24) is 47.3 Å². The highest BCUT2D eigenvalue weighted by atomic mass is 32.1. The molecule has 24 nitrogen and oxygen atoms in total. The number of carbonyl (C=O) groups excluding carboxylic acids is 8. The molecule has 0 saturated carbocycles. The maximum atomic E-state index is 13.8. The molecule has 1 aromatic heterocycles. The van der Waals surface area contributed by atoms with E-state index in [4.69, 9.17) is 33.4 Å². The highest BCUT2D eigenvalue weighted by Gasteiger charge is 2.35. The van der Waals surface area contributed by atoms with Crippen molar-refractivity contribution in [2.75, 3.05) is 85.6 Å². The number of hydrogen-bond donors (Lipinski definition) is 8. The summed E-state index contributed by atoms with van der Waals surface area (Å²) in [5, 5.41) is 25.2. The Bertz CT molecular complexity index is 2230. The van der Waals surface area contributed by atoms with Crippen molar-refractivity contribution in [1.29, 1.82) is 0 Å². The minimum absolute atomic E-state index is 0.0367. The number of phenols is 1. The quantitative estimate of drug-likeness (QED) is 0.0364. The third-order valence-electron chi connectivity index (χ3n) is 12.1. The van der Waals surface area contributed by atoms with Gasteiger partial charge in [0.1, 0.15) is 41.3 Å². The lowest BCUT2D eigenvalue weighted by Crippen LogP contribution is -2.48. The zero-order valence-electron chi connectivity index (χ0n) is 46.9. The van der Waals surface area contributed by atoms with Crippen molar-refractivity contribution in [2.45, 2.75) is 137 Å². The maximum absolute atomic E-state index is 13.8. The van der Waals surface area contributed by atoms with E-state index in [-0.39, 0.29) is 114 Å². The molecule has 5 atom stereocenters. The largest absolute Gasteiger partial charge is 0.508 e. The van der Waals surface area contributed by atoms with Crippen molar-refractivity contribution >= 4 is 59.0 Å². The van der Waals surface area contributed by atoms with Crippen LogP contribution in [0, 0.1) is 11.8 Å². The number of nitrogens with zero attached hydrogens (tertiary/aromatic N) is 2. The zero-order chi connectivity index (χ0) is 57.6. The molecule has 0 fully saturated rings. The summed E-state index contributed by atoms with van der Waals surface area (Å²) in [6.45, 7) is 18.8. The zero-order valence-corrected chi connectivity index (χ0v) is 47.7. The van der Waals surface area contributed by atoms with E-state index in [2.05, 4.69) is 72.1 Å². The molecule has 1 aromatic carbocycles. The van der Waals surface area contributed by atoms with Crippen LogP contribution in [0.4, 0.5) is 9.59 Å². The van der Waals surface area contributed by atoms with E-state index >= 15 is 0 Å². The van der Waals surface area contributed by atoms with E-state index in [0.29, 0.717) is 43.0 Å². The summed E-state index contributed by atoms with van der Waals surface area (Å²) in [5.74, 6) is -3.00. The fourth-order valence-corrected chi connectivity index (χ4v) is 8.87. The molecule has 0 saturated heterocycles. The molecule has 8 amide bonds. The lowest BCUT2D eigenvalue weighted by molar-refractivity contribution is -0.136. The fourth-order valence-electron chi connectivity index (χ4n) is 8.01. The van der Waals surface area contributed by atoms with Gasteiger partial charge in [-0.2, -0.15) is 0 Å². The van der Waals surface area contributed by atoms with Gasteiger partial charge in [0.2, 0.25) is 29.5 Å². The van der Waals surface area contributed by atoms with Crippen molar-refractivity contribution in [2.24, 2.45) is 11.8 Å². The standard InChI is InChI=1S/C53H85N9O15S/c1-10-16-62(47(67)25-35(6)12-3)42(34(4)5)29-43(75-17-11-2)50-59-41(33-78-50)49(69)58-37-26-36-13-14-38(63)28-39(36)40(27-37)48(68)60-61-52(71)76-24-23-74-22-21-73-20-19-72-18-15-54-44(64)30-55-45(65)31-56-46(66)32-57-51(70)77-53(7,8)9/h13-14,28,33-35,37,40,42-43,63H,10-12,15-27,29-32H2,1-9H3,(H,54,64)(H,55,65)(H,56,66)(H,57,70)(H,58,69)(H,60,68)(H,61,71)/t35-,37-,40+,42?,43+/m0/s1. The number of aromatic hydroxyl groups is 1. The first-order valence-electron chi connectivity index (χ1n) is 26.9. The number of carbonyl (C=O) groups is 8. The number of ether oxygens (including phenoxy) is 6. The number of benzene rings is 1. The Balaban J connectivity index is 1.35. The Morgan fingerprint density at radius 3 is 2.03 bits per heavy atom. The summed E-state index contributed by atoms with van der Waals surface area (Å²) in [6.07, 6.45) is 1.95. The summed E-state index contributed by atoms with van der Waals surface area (Å²) in [7, 11) is 0. The SMILES string of the molecule is CCCO[C@H](CC(C(C)C)N(CCC)C(=O)C[C@@H](C)CC)c1nc(C(=O)N[C@H]2Cc3ccc(O)cc3[C@H](C(=O)NNC(=O)OCCOCCOCCOCCNC(=O)CNC(=O)CNC(=O)CNC(=O)OC(C)(C)C)C2)cs1. The third-order valence-corrected chi connectivity index (χ3v) is 13.0. The number of fused-ring (bicyclic) bond motifs is 1. The van der Waals surface area contributed by atoms with Crippen LogP contribution in [0.1, 0.15) is 139 Å². The first kappa shape index (κ1) is 66.1. The number of aromatic nitrogens is 1. The molecule has 3 rings (SSSR count). The van der Waals surface area contributed by atoms with Crippen molar-refractivity contribution in [3.63, 3.8) is 0 Å². The number of nitrogens with one attached hydrogen (secondary N) is 7. The highest BCUT2D eigenvalue weighted by Crippen LogP contribution is 2.35. The maximum Gasteiger partial charge on any atom is 0.426 e. The molecule has 78 heavy (non-hydrogen) atoms. The van der Waals surface area contributed by atoms with E-state index in [9.17, 15) is 43.5 Å². The number of phenolic OH excluding ortho intramolecular Hbond substituents is 1. The Morgan fingerprint density at radius 2 is 1.41 bits per heavy atom. The molecule has 0 spiro atoms. The smallest absolute Gasteiger partial charge is 0.426 e. The number of rotatable bonds is 34. The number of hydrogen-bond acceptors (Lipinski definition) is 17. The van der Waals surface area contributed by atoms with Gasteiger partial charge in [-0.1, -0.05) is 54.0 Å². The molecule has 25 heteroatoms. The van der Waals surface area contributed by atoms with Gasteiger partial charge in [0.25, 0.3) is 5.91 Å². The first-order valence-corrected chi connectivity index (χ1v) is 27.7. The van der Waals surface area contributed by atoms with Crippen LogP contribution >= 0.6 is 11.3 Å². The average molecular weight is 1120 g/mol. The third kappa shape index (κ3) is 25.5. The minimum Gasteiger partial charge on any atom is -0.508 e. The average Bonchev–Trinajstić information content (AvgIpc) is 3.89. The Kier molecular flexibility index (Phi) is 30.0. The predicted molar refractivity (Wildman–Crippen MR) is 289 cm³/mol. The van der Waals surface area contributed by atoms with E-state index < -0.39 is 65.4 Å². The molecule has 1 aliphatic rings. The van der Waals surface area contributed by atoms with E-state index in [1.54, 1.807) is 32.2 Å². The van der Waals surface area contributed by atoms with Gasteiger partial charge in [-0.05, 0) is 81.5 Å². The van der Waals surface area contributed by atoms with Gasteiger partial charge in [-0.15, -0.1) is 11.3 Å². The molecule has 2 aromatic rings. The van der Waals surface area contributed by atoms with Gasteiger partial charge in [0.05, 0.1) is 58.6 Å². The second kappa shape index (κ2) is 35.4. The van der Waals surface area contributed by atoms with Gasteiger partial charge < -0.3 is 65.0 Å². The van der Waals surface area contributed by atoms with Crippen LogP contribution in [0.15, 0.2) is 23.6 Å². The molecule has 1 aliphatic carbocycles. The number of alkyl carbamates (subject to hydrolysis) is 1. The van der Waals surface area contributed by atoms with Crippen LogP contribution in [0.25, 0.3) is 0 Å². The van der Waals surface area contributed by atoms with Crippen molar-refractivity contribution < 1.29 is 71.9 Å². The fraction of sp³-hybridized carbons (Fsp3) is 0.679. The molecular formula is C53H85N9O15S. The van der Waals surface area contributed by atoms with Crippen LogP contribution in [0.3, 0.4) is 0 Å². The van der Waals surface area contributed by atoms with Crippen LogP contribution in [0.2, 0.25) is 0 Å². The Labute approximate surface area is 462 Å². The van der Waals surface area contributed by atoms with Crippen molar-refractivity contribution in [3.8, 4) is 5.75 Å². The summed E-state index contributed by atoms with van der Waals surface area (Å²) in [6, 6.07) is 4.12. The van der Waals surface area contributed by atoms with Gasteiger partial charge in [-0.25, -0.2) is 20.0 Å². The summed E-state index contributed by atoms with van der Waals surface area (Å²) in [4.78, 5) is 108. The Hall–Kier alpha value is -6.15. The van der Waals surface area contributed by atoms with Gasteiger partial charge in [-0.3, -0.25) is 34.2 Å². The monoisotopic (exact) mass is 1120 g/mol. The molecule has 0 bridgehead atoms. The van der Waals surface area contributed by atoms with E-state index in [1.165, 1.54) is 23.5 Å². The predicted octanol–water partition coefficient (Wildman–Crippen LogP) is 3.91. The Morgan fingerprint density at radius 1 is 0.782 bits per heavy atom. The molecule has 1 heterocycles. The summed E-state index contributed by atoms with van der Waals surface area (Å²) >= 11 is 1.33. The molecule has 8 N–H and O–H groups in total.